The lowest BCUT2D eigenvalue weighted by molar-refractivity contribution is 0.475. The minimum absolute atomic E-state index is 0.279. The molecule has 0 spiro atoms. The predicted octanol–water partition coefficient (Wildman–Crippen LogP) is 1.54. The Kier molecular flexibility index (Phi) is 4.74. The first-order valence-corrected chi connectivity index (χ1v) is 6.33. The van der Waals surface area contributed by atoms with Crippen LogP contribution in [0.15, 0.2) is 28.7 Å². The lowest BCUT2D eigenvalue weighted by atomic mass is 10.1. The number of anilines is 1. The van der Waals surface area contributed by atoms with Crippen LogP contribution in [0.3, 0.4) is 0 Å². The number of hydrogen-bond donors (Lipinski definition) is 3. The molecule has 1 aromatic heterocycles. The van der Waals surface area contributed by atoms with Gasteiger partial charge in [0, 0.05) is 6.54 Å². The molecule has 2 aromatic rings. The van der Waals surface area contributed by atoms with Gasteiger partial charge in [0.2, 0.25) is 5.89 Å². The molecule has 0 saturated heterocycles. The monoisotopic (exact) mass is 262 g/mol. The summed E-state index contributed by atoms with van der Waals surface area (Å²) in [6.07, 6.45) is 0.825. The molecule has 6 nitrogen and oxygen atoms in total. The van der Waals surface area contributed by atoms with Gasteiger partial charge in [-0.3, -0.25) is 0 Å². The van der Waals surface area contributed by atoms with Crippen LogP contribution in [0.1, 0.15) is 18.4 Å². The fraction of sp³-hybridized carbons (Fsp3) is 0.385. The average Bonchev–Trinajstić information content (AvgIpc) is 2.87. The third-order valence-corrected chi connectivity index (χ3v) is 2.62. The lowest BCUT2D eigenvalue weighted by Crippen LogP contribution is -2.11. The first-order chi connectivity index (χ1) is 9.28. The zero-order valence-corrected chi connectivity index (χ0v) is 10.9. The number of phenols is 1. The van der Waals surface area contributed by atoms with Crippen LogP contribution < -0.4 is 10.6 Å². The Morgan fingerprint density at radius 3 is 2.74 bits per heavy atom. The van der Waals surface area contributed by atoms with Gasteiger partial charge in [-0.1, -0.05) is 24.2 Å². The molecule has 1 aromatic carbocycles. The van der Waals surface area contributed by atoms with Gasteiger partial charge in [0.05, 0.1) is 6.54 Å². The number of rotatable bonds is 7. The van der Waals surface area contributed by atoms with E-state index in [0.717, 1.165) is 18.5 Å². The Morgan fingerprint density at radius 2 is 2.00 bits per heavy atom. The van der Waals surface area contributed by atoms with Crippen LogP contribution in [0.4, 0.5) is 6.01 Å². The van der Waals surface area contributed by atoms with Crippen LogP contribution in [-0.2, 0) is 13.0 Å². The SMILES string of the molecule is CCNCc1nnc(NCCc2ccc(O)cc2)o1. The third-order valence-electron chi connectivity index (χ3n) is 2.62. The quantitative estimate of drug-likeness (QED) is 0.702. The molecule has 0 unspecified atom stereocenters. The molecule has 102 valence electrons. The number of phenolic OH excluding ortho intramolecular Hbond substituents is 1. The van der Waals surface area contributed by atoms with Crippen LogP contribution in [0, 0.1) is 0 Å². The third kappa shape index (κ3) is 4.26. The van der Waals surface area contributed by atoms with Gasteiger partial charge in [-0.2, -0.15) is 0 Å². The van der Waals surface area contributed by atoms with Gasteiger partial charge in [-0.25, -0.2) is 0 Å². The van der Waals surface area contributed by atoms with Crippen molar-refractivity contribution >= 4 is 6.01 Å². The largest absolute Gasteiger partial charge is 0.508 e. The van der Waals surface area contributed by atoms with Crippen LogP contribution >= 0.6 is 0 Å². The molecule has 0 aliphatic carbocycles. The molecule has 19 heavy (non-hydrogen) atoms. The zero-order valence-electron chi connectivity index (χ0n) is 10.9. The Balaban J connectivity index is 1.76. The molecule has 6 heteroatoms. The first kappa shape index (κ1) is 13.4. The molecule has 0 saturated carbocycles. The Labute approximate surface area is 111 Å². The smallest absolute Gasteiger partial charge is 0.315 e. The van der Waals surface area contributed by atoms with Gasteiger partial charge in [-0.05, 0) is 30.7 Å². The van der Waals surface area contributed by atoms with E-state index < -0.39 is 0 Å². The van der Waals surface area contributed by atoms with E-state index in [1.807, 2.05) is 19.1 Å². The molecule has 1 heterocycles. The summed E-state index contributed by atoms with van der Waals surface area (Å²) >= 11 is 0. The number of aromatic hydroxyl groups is 1. The van der Waals surface area contributed by atoms with Crippen molar-refractivity contribution in [1.82, 2.24) is 15.5 Å². The minimum Gasteiger partial charge on any atom is -0.508 e. The molecule has 0 aliphatic heterocycles. The highest BCUT2D eigenvalue weighted by Crippen LogP contribution is 2.10. The van der Waals surface area contributed by atoms with E-state index in [1.54, 1.807) is 12.1 Å². The number of hydrogen-bond acceptors (Lipinski definition) is 6. The molecule has 2 rings (SSSR count). The number of nitrogens with zero attached hydrogens (tertiary/aromatic N) is 2. The van der Waals surface area contributed by atoms with E-state index in [-0.39, 0.29) is 5.75 Å². The molecule has 0 amide bonds. The van der Waals surface area contributed by atoms with E-state index in [1.165, 1.54) is 0 Å². The van der Waals surface area contributed by atoms with Crippen molar-refractivity contribution in [3.63, 3.8) is 0 Å². The maximum Gasteiger partial charge on any atom is 0.315 e. The summed E-state index contributed by atoms with van der Waals surface area (Å²) in [4.78, 5) is 0. The highest BCUT2D eigenvalue weighted by Gasteiger charge is 2.04. The van der Waals surface area contributed by atoms with Gasteiger partial charge in [0.15, 0.2) is 0 Å². The topological polar surface area (TPSA) is 83.2 Å². The molecule has 0 atom stereocenters. The molecule has 0 bridgehead atoms. The summed E-state index contributed by atoms with van der Waals surface area (Å²) in [6, 6.07) is 7.57. The maximum atomic E-state index is 9.18. The van der Waals surface area contributed by atoms with E-state index >= 15 is 0 Å². The van der Waals surface area contributed by atoms with Crippen molar-refractivity contribution in [3.8, 4) is 5.75 Å². The molecular formula is C13H18N4O2. The second kappa shape index (κ2) is 6.75. The van der Waals surface area contributed by atoms with Crippen molar-refractivity contribution in [2.24, 2.45) is 0 Å². The van der Waals surface area contributed by atoms with Crippen molar-refractivity contribution < 1.29 is 9.52 Å². The van der Waals surface area contributed by atoms with Crippen molar-refractivity contribution in [2.75, 3.05) is 18.4 Å². The van der Waals surface area contributed by atoms with Crippen LogP contribution in [-0.4, -0.2) is 28.4 Å². The fourth-order valence-electron chi connectivity index (χ4n) is 1.60. The van der Waals surface area contributed by atoms with Crippen molar-refractivity contribution in [3.05, 3.63) is 35.7 Å². The molecule has 3 N–H and O–H groups in total. The number of benzene rings is 1. The van der Waals surface area contributed by atoms with E-state index in [4.69, 9.17) is 4.42 Å². The lowest BCUT2D eigenvalue weighted by Gasteiger charge is -2.02. The summed E-state index contributed by atoms with van der Waals surface area (Å²) in [5.41, 5.74) is 1.14. The van der Waals surface area contributed by atoms with Crippen molar-refractivity contribution in [1.29, 1.82) is 0 Å². The molecule has 0 aliphatic rings. The van der Waals surface area contributed by atoms with Gasteiger partial charge in [0.25, 0.3) is 0 Å². The van der Waals surface area contributed by atoms with E-state index in [9.17, 15) is 5.11 Å². The van der Waals surface area contributed by atoms with Crippen LogP contribution in [0.25, 0.3) is 0 Å². The first-order valence-electron chi connectivity index (χ1n) is 6.33. The standard InChI is InChI=1S/C13H18N4O2/c1-2-14-9-12-16-17-13(19-12)15-8-7-10-3-5-11(18)6-4-10/h3-6,14,18H,2,7-9H2,1H3,(H,15,17). The normalized spacial score (nSPS) is 10.6. The van der Waals surface area contributed by atoms with Crippen LogP contribution in [0.5, 0.6) is 5.75 Å². The maximum absolute atomic E-state index is 9.18. The predicted molar refractivity (Wildman–Crippen MR) is 72.0 cm³/mol. The second-order valence-electron chi connectivity index (χ2n) is 4.12. The Hall–Kier alpha value is -2.08. The van der Waals surface area contributed by atoms with Gasteiger partial charge in [0.1, 0.15) is 5.75 Å². The zero-order chi connectivity index (χ0) is 13.5. The van der Waals surface area contributed by atoms with Gasteiger partial charge < -0.3 is 20.2 Å². The summed E-state index contributed by atoms with van der Waals surface area (Å²) in [5, 5.41) is 23.2. The molecular weight excluding hydrogens is 244 g/mol. The molecule has 0 fully saturated rings. The minimum atomic E-state index is 0.279. The summed E-state index contributed by atoms with van der Waals surface area (Å²) in [6.45, 7) is 4.18. The fourth-order valence-corrected chi connectivity index (χ4v) is 1.60. The highest BCUT2D eigenvalue weighted by atomic mass is 16.4. The molecule has 0 radical (unpaired) electrons. The highest BCUT2D eigenvalue weighted by molar-refractivity contribution is 5.27. The second-order valence-corrected chi connectivity index (χ2v) is 4.12. The Bertz CT molecular complexity index is 496. The summed E-state index contributed by atoms with van der Waals surface area (Å²) in [7, 11) is 0. The van der Waals surface area contributed by atoms with Crippen LogP contribution in [0.2, 0.25) is 0 Å². The Morgan fingerprint density at radius 1 is 1.21 bits per heavy atom. The summed E-state index contributed by atoms with van der Waals surface area (Å²) < 4.78 is 5.41. The van der Waals surface area contributed by atoms with Gasteiger partial charge >= 0.3 is 6.01 Å². The van der Waals surface area contributed by atoms with E-state index in [0.29, 0.717) is 25.0 Å². The van der Waals surface area contributed by atoms with Crippen molar-refractivity contribution in [2.45, 2.75) is 19.9 Å². The number of aromatic nitrogens is 2. The summed E-state index contributed by atoms with van der Waals surface area (Å²) in [5.74, 6) is 0.857. The average molecular weight is 262 g/mol. The van der Waals surface area contributed by atoms with Gasteiger partial charge in [-0.15, -0.1) is 5.10 Å². The number of nitrogens with one attached hydrogen (secondary N) is 2. The van der Waals surface area contributed by atoms with E-state index in [2.05, 4.69) is 20.8 Å².